The summed E-state index contributed by atoms with van der Waals surface area (Å²) in [5, 5.41) is 3.32. The van der Waals surface area contributed by atoms with Crippen molar-refractivity contribution in [3.8, 4) is 11.5 Å². The number of morpholine rings is 1. The Balaban J connectivity index is 1.99. The highest BCUT2D eigenvalue weighted by Gasteiger charge is 2.20. The average Bonchev–Trinajstić information content (AvgIpc) is 2.60. The van der Waals surface area contributed by atoms with Crippen LogP contribution in [0.25, 0.3) is 0 Å². The molecule has 1 aromatic rings. The second-order valence-electron chi connectivity index (χ2n) is 5.53. The third kappa shape index (κ3) is 4.84. The van der Waals surface area contributed by atoms with Crippen LogP contribution in [0.15, 0.2) is 18.2 Å². The van der Waals surface area contributed by atoms with Crippen molar-refractivity contribution >= 4 is 5.91 Å². The molecule has 0 aliphatic carbocycles. The van der Waals surface area contributed by atoms with Gasteiger partial charge in [0.1, 0.15) is 0 Å². The van der Waals surface area contributed by atoms with Crippen molar-refractivity contribution in [1.82, 2.24) is 10.2 Å². The van der Waals surface area contributed by atoms with Crippen molar-refractivity contribution < 1.29 is 19.0 Å². The van der Waals surface area contributed by atoms with Crippen molar-refractivity contribution in [2.45, 2.75) is 25.9 Å². The number of nitrogens with one attached hydrogen (secondary N) is 1. The van der Waals surface area contributed by atoms with Crippen molar-refractivity contribution in [3.63, 3.8) is 0 Å². The maximum Gasteiger partial charge on any atom is 0.224 e. The number of benzene rings is 1. The Labute approximate surface area is 137 Å². The third-order valence-corrected chi connectivity index (χ3v) is 3.98. The Bertz CT molecular complexity index is 515. The molecular formula is C17H26N2O4. The summed E-state index contributed by atoms with van der Waals surface area (Å²) in [4.78, 5) is 14.3. The minimum absolute atomic E-state index is 0.107. The summed E-state index contributed by atoms with van der Waals surface area (Å²) in [5.74, 6) is 1.50. The van der Waals surface area contributed by atoms with Crippen LogP contribution >= 0.6 is 0 Å². The van der Waals surface area contributed by atoms with E-state index in [0.29, 0.717) is 44.2 Å². The van der Waals surface area contributed by atoms with E-state index in [1.54, 1.807) is 14.2 Å². The molecule has 0 spiro atoms. The highest BCUT2D eigenvalue weighted by Crippen LogP contribution is 2.28. The topological polar surface area (TPSA) is 60.0 Å². The molecular weight excluding hydrogens is 296 g/mol. The van der Waals surface area contributed by atoms with E-state index in [0.717, 1.165) is 12.1 Å². The summed E-state index contributed by atoms with van der Waals surface area (Å²) in [7, 11) is 3.22. The van der Waals surface area contributed by atoms with Crippen LogP contribution in [0.3, 0.4) is 0 Å². The first-order valence-corrected chi connectivity index (χ1v) is 7.97. The van der Waals surface area contributed by atoms with Gasteiger partial charge in [-0.05, 0) is 24.6 Å². The van der Waals surface area contributed by atoms with Gasteiger partial charge in [-0.15, -0.1) is 0 Å². The van der Waals surface area contributed by atoms with E-state index >= 15 is 0 Å². The first kappa shape index (κ1) is 17.6. The summed E-state index contributed by atoms with van der Waals surface area (Å²) >= 11 is 0. The lowest BCUT2D eigenvalue weighted by molar-refractivity contribution is -0.132. The fourth-order valence-corrected chi connectivity index (χ4v) is 2.67. The maximum absolute atomic E-state index is 12.5. The molecule has 128 valence electrons. The SMILES string of the molecule is CCN(Cc1ccc(OC)c(OC)c1)C(=O)CC1COCCN1. The maximum atomic E-state index is 12.5. The number of nitrogens with zero attached hydrogens (tertiary/aromatic N) is 1. The molecule has 1 N–H and O–H groups in total. The van der Waals surface area contributed by atoms with Crippen molar-refractivity contribution in [2.24, 2.45) is 0 Å². The van der Waals surface area contributed by atoms with Crippen LogP contribution in [0.2, 0.25) is 0 Å². The lowest BCUT2D eigenvalue weighted by Crippen LogP contribution is -2.45. The van der Waals surface area contributed by atoms with Gasteiger partial charge in [0.05, 0.1) is 27.4 Å². The minimum Gasteiger partial charge on any atom is -0.493 e. The summed E-state index contributed by atoms with van der Waals surface area (Å²) < 4.78 is 16.0. The molecule has 0 radical (unpaired) electrons. The normalized spacial score (nSPS) is 17.6. The smallest absolute Gasteiger partial charge is 0.224 e. The molecule has 1 aliphatic heterocycles. The molecule has 6 nitrogen and oxygen atoms in total. The van der Waals surface area contributed by atoms with E-state index in [-0.39, 0.29) is 11.9 Å². The molecule has 1 unspecified atom stereocenters. The number of carbonyl (C=O) groups is 1. The number of amides is 1. The van der Waals surface area contributed by atoms with Crippen LogP contribution in [-0.2, 0) is 16.1 Å². The lowest BCUT2D eigenvalue weighted by Gasteiger charge is -2.27. The number of rotatable bonds is 7. The molecule has 2 rings (SSSR count). The van der Waals surface area contributed by atoms with Gasteiger partial charge in [-0.3, -0.25) is 4.79 Å². The Morgan fingerprint density at radius 1 is 1.35 bits per heavy atom. The quantitative estimate of drug-likeness (QED) is 0.823. The Kier molecular flexibility index (Phi) is 6.67. The van der Waals surface area contributed by atoms with Gasteiger partial charge in [-0.2, -0.15) is 0 Å². The molecule has 1 aromatic carbocycles. The monoisotopic (exact) mass is 322 g/mol. The molecule has 1 fully saturated rings. The fourth-order valence-electron chi connectivity index (χ4n) is 2.67. The Morgan fingerprint density at radius 2 is 2.13 bits per heavy atom. The second-order valence-corrected chi connectivity index (χ2v) is 5.53. The van der Waals surface area contributed by atoms with E-state index in [1.807, 2.05) is 30.0 Å². The van der Waals surface area contributed by atoms with Gasteiger partial charge in [0.25, 0.3) is 0 Å². The van der Waals surface area contributed by atoms with E-state index in [9.17, 15) is 4.79 Å². The standard InChI is InChI=1S/C17H26N2O4/c1-4-19(17(20)10-14-12-23-8-7-18-14)11-13-5-6-15(21-2)16(9-13)22-3/h5-6,9,14,18H,4,7-8,10-12H2,1-3H3. The van der Waals surface area contributed by atoms with Crippen LogP contribution in [-0.4, -0.2) is 57.4 Å². The zero-order valence-corrected chi connectivity index (χ0v) is 14.1. The van der Waals surface area contributed by atoms with Crippen LogP contribution in [0, 0.1) is 0 Å². The highest BCUT2D eigenvalue weighted by molar-refractivity contribution is 5.76. The molecule has 23 heavy (non-hydrogen) atoms. The number of hydrogen-bond acceptors (Lipinski definition) is 5. The number of hydrogen-bond donors (Lipinski definition) is 1. The van der Waals surface area contributed by atoms with Crippen LogP contribution in [0.1, 0.15) is 18.9 Å². The fraction of sp³-hybridized carbons (Fsp3) is 0.588. The minimum atomic E-state index is 0.107. The molecule has 0 saturated carbocycles. The number of methoxy groups -OCH3 is 2. The summed E-state index contributed by atoms with van der Waals surface area (Å²) in [6.45, 7) is 5.33. The van der Waals surface area contributed by atoms with Gasteiger partial charge in [-0.1, -0.05) is 6.07 Å². The van der Waals surface area contributed by atoms with E-state index < -0.39 is 0 Å². The molecule has 1 saturated heterocycles. The molecule has 1 atom stereocenters. The lowest BCUT2D eigenvalue weighted by atomic mass is 10.1. The van der Waals surface area contributed by atoms with Gasteiger partial charge in [0.2, 0.25) is 5.91 Å². The van der Waals surface area contributed by atoms with Crippen molar-refractivity contribution in [3.05, 3.63) is 23.8 Å². The average molecular weight is 322 g/mol. The van der Waals surface area contributed by atoms with Gasteiger partial charge in [0.15, 0.2) is 11.5 Å². The number of ether oxygens (including phenoxy) is 3. The van der Waals surface area contributed by atoms with Gasteiger partial charge in [-0.25, -0.2) is 0 Å². The molecule has 6 heteroatoms. The predicted octanol–water partition coefficient (Wildman–Crippen LogP) is 1.43. The Morgan fingerprint density at radius 3 is 2.74 bits per heavy atom. The molecule has 1 amide bonds. The zero-order valence-electron chi connectivity index (χ0n) is 14.1. The molecule has 1 aliphatic rings. The summed E-state index contributed by atoms with van der Waals surface area (Å²) in [5.41, 5.74) is 1.02. The van der Waals surface area contributed by atoms with E-state index in [4.69, 9.17) is 14.2 Å². The van der Waals surface area contributed by atoms with Crippen LogP contribution < -0.4 is 14.8 Å². The van der Waals surface area contributed by atoms with Crippen LogP contribution in [0.5, 0.6) is 11.5 Å². The second kappa shape index (κ2) is 8.74. The van der Waals surface area contributed by atoms with E-state index in [2.05, 4.69) is 5.32 Å². The van der Waals surface area contributed by atoms with Crippen molar-refractivity contribution in [1.29, 1.82) is 0 Å². The van der Waals surface area contributed by atoms with E-state index in [1.165, 1.54) is 0 Å². The van der Waals surface area contributed by atoms with Gasteiger partial charge in [0, 0.05) is 32.1 Å². The Hall–Kier alpha value is -1.79. The number of carbonyl (C=O) groups excluding carboxylic acids is 1. The molecule has 1 heterocycles. The molecule has 0 bridgehead atoms. The predicted molar refractivity (Wildman–Crippen MR) is 87.9 cm³/mol. The largest absolute Gasteiger partial charge is 0.493 e. The highest BCUT2D eigenvalue weighted by atomic mass is 16.5. The molecule has 0 aromatic heterocycles. The summed E-state index contributed by atoms with van der Waals surface area (Å²) in [6, 6.07) is 5.84. The first-order chi connectivity index (χ1) is 11.2. The first-order valence-electron chi connectivity index (χ1n) is 7.97. The van der Waals surface area contributed by atoms with Crippen LogP contribution in [0.4, 0.5) is 0 Å². The third-order valence-electron chi connectivity index (χ3n) is 3.98. The van der Waals surface area contributed by atoms with Gasteiger partial charge < -0.3 is 24.4 Å². The van der Waals surface area contributed by atoms with Gasteiger partial charge >= 0.3 is 0 Å². The summed E-state index contributed by atoms with van der Waals surface area (Å²) in [6.07, 6.45) is 0.459. The zero-order chi connectivity index (χ0) is 16.7. The van der Waals surface area contributed by atoms with Crippen molar-refractivity contribution in [2.75, 3.05) is 40.5 Å².